The second kappa shape index (κ2) is 6.22. The molecule has 0 amide bonds. The van der Waals surface area contributed by atoms with Gasteiger partial charge < -0.3 is 4.90 Å². The first kappa shape index (κ1) is 15.0. The van der Waals surface area contributed by atoms with Gasteiger partial charge in [0.25, 0.3) is 0 Å². The van der Waals surface area contributed by atoms with E-state index in [1.807, 2.05) is 0 Å². The third-order valence-corrected chi connectivity index (χ3v) is 2.50. The van der Waals surface area contributed by atoms with Crippen molar-refractivity contribution >= 4 is 17.4 Å². The van der Waals surface area contributed by atoms with Crippen LogP contribution in [-0.4, -0.2) is 24.2 Å². The molecule has 0 aliphatic rings. The molecule has 1 rings (SSSR count). The van der Waals surface area contributed by atoms with Crippen LogP contribution in [0.5, 0.6) is 0 Å². The minimum absolute atomic E-state index is 0.0852. The van der Waals surface area contributed by atoms with Crippen molar-refractivity contribution in [2.45, 2.75) is 25.4 Å². The largest absolute Gasteiger partial charge is 0.405 e. The summed E-state index contributed by atoms with van der Waals surface area (Å²) in [7, 11) is 0. The van der Waals surface area contributed by atoms with Gasteiger partial charge in [-0.05, 0) is 12.5 Å². The molecule has 0 fully saturated rings. The Morgan fingerprint density at radius 2 is 2.06 bits per heavy atom. The first-order valence-electron chi connectivity index (χ1n) is 5.39. The summed E-state index contributed by atoms with van der Waals surface area (Å²) in [6.07, 6.45) is -2.92. The zero-order valence-electron chi connectivity index (χ0n) is 9.77. The molecular formula is C11H13ClF4N2. The van der Waals surface area contributed by atoms with Gasteiger partial charge in [0.05, 0.1) is 12.1 Å². The molecule has 1 aromatic heterocycles. The molecule has 1 heterocycles. The van der Waals surface area contributed by atoms with Crippen LogP contribution >= 0.6 is 11.6 Å². The van der Waals surface area contributed by atoms with Gasteiger partial charge in [-0.25, -0.2) is 9.37 Å². The van der Waals surface area contributed by atoms with Crippen LogP contribution in [-0.2, 0) is 5.88 Å². The molecule has 0 N–H and O–H groups in total. The van der Waals surface area contributed by atoms with Crippen molar-refractivity contribution in [3.63, 3.8) is 0 Å². The number of halogens is 5. The minimum Gasteiger partial charge on any atom is -0.347 e. The molecule has 0 unspecified atom stereocenters. The standard InChI is InChI=1S/C11H13ClF4N2/c1-2-3-18(7-11(14,15)16)10-8(5-12)4-9(13)6-17-10/h4,6H,2-3,5,7H2,1H3. The lowest BCUT2D eigenvalue weighted by atomic mass is 10.2. The van der Waals surface area contributed by atoms with Gasteiger partial charge in [0, 0.05) is 12.1 Å². The van der Waals surface area contributed by atoms with Gasteiger partial charge >= 0.3 is 6.18 Å². The van der Waals surface area contributed by atoms with Crippen molar-refractivity contribution in [3.05, 3.63) is 23.6 Å². The number of rotatable bonds is 5. The Hall–Kier alpha value is -1.04. The lowest BCUT2D eigenvalue weighted by molar-refractivity contribution is -0.119. The summed E-state index contributed by atoms with van der Waals surface area (Å²) < 4.78 is 50.3. The summed E-state index contributed by atoms with van der Waals surface area (Å²) in [6, 6.07) is 1.11. The molecule has 0 bridgehead atoms. The summed E-state index contributed by atoms with van der Waals surface area (Å²) in [4.78, 5) is 4.79. The highest BCUT2D eigenvalue weighted by atomic mass is 35.5. The van der Waals surface area contributed by atoms with E-state index >= 15 is 0 Å². The average molecular weight is 285 g/mol. The molecule has 0 radical (unpaired) electrons. The summed E-state index contributed by atoms with van der Waals surface area (Å²) in [5.74, 6) is -0.610. The predicted molar refractivity (Wildman–Crippen MR) is 62.3 cm³/mol. The van der Waals surface area contributed by atoms with Crippen LogP contribution in [0.15, 0.2) is 12.3 Å². The first-order valence-corrected chi connectivity index (χ1v) is 5.93. The minimum atomic E-state index is -4.34. The van der Waals surface area contributed by atoms with Gasteiger partial charge in [0.2, 0.25) is 0 Å². The van der Waals surface area contributed by atoms with Crippen LogP contribution in [0.3, 0.4) is 0 Å². The van der Waals surface area contributed by atoms with E-state index in [0.717, 1.165) is 17.2 Å². The molecular weight excluding hydrogens is 272 g/mol. The van der Waals surface area contributed by atoms with Crippen LogP contribution in [0, 0.1) is 5.82 Å². The molecule has 1 aromatic rings. The summed E-state index contributed by atoms with van der Waals surface area (Å²) in [6.45, 7) is 0.818. The normalized spacial score (nSPS) is 11.7. The van der Waals surface area contributed by atoms with E-state index in [-0.39, 0.29) is 23.8 Å². The Bertz CT molecular complexity index is 395. The summed E-state index contributed by atoms with van der Waals surface area (Å²) in [5.41, 5.74) is 0.259. The zero-order chi connectivity index (χ0) is 13.8. The highest BCUT2D eigenvalue weighted by Gasteiger charge is 2.31. The summed E-state index contributed by atoms with van der Waals surface area (Å²) in [5, 5.41) is 0. The van der Waals surface area contributed by atoms with Crippen molar-refractivity contribution in [3.8, 4) is 0 Å². The molecule has 18 heavy (non-hydrogen) atoms. The van der Waals surface area contributed by atoms with Crippen molar-refractivity contribution in [1.82, 2.24) is 4.98 Å². The van der Waals surface area contributed by atoms with Gasteiger partial charge in [-0.2, -0.15) is 13.2 Å². The van der Waals surface area contributed by atoms with Crippen molar-refractivity contribution in [2.24, 2.45) is 0 Å². The lowest BCUT2D eigenvalue weighted by Gasteiger charge is -2.26. The van der Waals surface area contributed by atoms with Crippen LogP contribution in [0.2, 0.25) is 0 Å². The maximum absolute atomic E-state index is 13.0. The molecule has 0 saturated carbocycles. The van der Waals surface area contributed by atoms with Crippen LogP contribution in [0.25, 0.3) is 0 Å². The number of hydrogen-bond donors (Lipinski definition) is 0. The number of aromatic nitrogens is 1. The monoisotopic (exact) mass is 284 g/mol. The van der Waals surface area contributed by atoms with E-state index in [0.29, 0.717) is 6.42 Å². The number of anilines is 1. The summed E-state index contributed by atoms with van der Waals surface area (Å²) >= 11 is 5.60. The van der Waals surface area contributed by atoms with Crippen LogP contribution < -0.4 is 4.90 Å². The number of alkyl halides is 4. The SMILES string of the molecule is CCCN(CC(F)(F)F)c1ncc(F)cc1CCl. The molecule has 0 saturated heterocycles. The highest BCUT2D eigenvalue weighted by Crippen LogP contribution is 2.25. The molecule has 7 heteroatoms. The molecule has 0 aromatic carbocycles. The molecule has 0 aliphatic carbocycles. The van der Waals surface area contributed by atoms with E-state index in [1.165, 1.54) is 0 Å². The van der Waals surface area contributed by atoms with Gasteiger partial charge in [-0.1, -0.05) is 6.92 Å². The smallest absolute Gasteiger partial charge is 0.347 e. The Kier molecular flexibility index (Phi) is 5.19. The maximum Gasteiger partial charge on any atom is 0.405 e. The fourth-order valence-corrected chi connectivity index (χ4v) is 1.80. The van der Waals surface area contributed by atoms with Gasteiger partial charge in [-0.15, -0.1) is 11.6 Å². The van der Waals surface area contributed by atoms with E-state index in [4.69, 9.17) is 11.6 Å². The van der Waals surface area contributed by atoms with Gasteiger partial charge in [-0.3, -0.25) is 0 Å². The third-order valence-electron chi connectivity index (χ3n) is 2.22. The fourth-order valence-electron chi connectivity index (χ4n) is 1.60. The second-order valence-electron chi connectivity index (χ2n) is 3.81. The Labute approximate surface area is 108 Å². The van der Waals surface area contributed by atoms with Crippen LogP contribution in [0.4, 0.5) is 23.4 Å². The van der Waals surface area contributed by atoms with Crippen molar-refractivity contribution in [1.29, 1.82) is 0 Å². The van der Waals surface area contributed by atoms with E-state index in [2.05, 4.69) is 4.98 Å². The van der Waals surface area contributed by atoms with Crippen molar-refractivity contribution in [2.75, 3.05) is 18.0 Å². The molecule has 0 aliphatic heterocycles. The number of nitrogens with zero attached hydrogens (tertiary/aromatic N) is 2. The van der Waals surface area contributed by atoms with Crippen LogP contribution in [0.1, 0.15) is 18.9 Å². The average Bonchev–Trinajstić information content (AvgIpc) is 2.26. The van der Waals surface area contributed by atoms with E-state index in [1.54, 1.807) is 6.92 Å². The Balaban J connectivity index is 3.04. The van der Waals surface area contributed by atoms with Crippen molar-refractivity contribution < 1.29 is 17.6 Å². The van der Waals surface area contributed by atoms with Gasteiger partial charge in [0.15, 0.2) is 0 Å². The zero-order valence-corrected chi connectivity index (χ0v) is 10.5. The second-order valence-corrected chi connectivity index (χ2v) is 4.07. The quantitative estimate of drug-likeness (QED) is 0.605. The third kappa shape index (κ3) is 4.33. The molecule has 0 spiro atoms. The number of pyridine rings is 1. The molecule has 102 valence electrons. The Morgan fingerprint density at radius 3 is 2.56 bits per heavy atom. The van der Waals surface area contributed by atoms with E-state index in [9.17, 15) is 17.6 Å². The Morgan fingerprint density at radius 1 is 1.39 bits per heavy atom. The first-order chi connectivity index (χ1) is 8.37. The topological polar surface area (TPSA) is 16.1 Å². The highest BCUT2D eigenvalue weighted by molar-refractivity contribution is 6.17. The maximum atomic E-state index is 13.0. The predicted octanol–water partition coefficient (Wildman–Crippen LogP) is 3.74. The number of hydrogen-bond acceptors (Lipinski definition) is 2. The van der Waals surface area contributed by atoms with Gasteiger partial charge in [0.1, 0.15) is 18.2 Å². The molecule has 2 nitrogen and oxygen atoms in total. The fraction of sp³-hybridized carbons (Fsp3) is 0.545. The molecule has 0 atom stereocenters. The lowest BCUT2D eigenvalue weighted by Crippen LogP contribution is -2.36. The van der Waals surface area contributed by atoms with E-state index < -0.39 is 18.5 Å².